The number of halogens is 1. The second-order valence-corrected chi connectivity index (χ2v) is 3.83. The average molecular weight is 260 g/mol. The fraction of sp³-hybridized carbons (Fsp3) is 0.333. The van der Waals surface area contributed by atoms with Crippen molar-refractivity contribution in [2.45, 2.75) is 6.54 Å². The van der Waals surface area contributed by atoms with Crippen LogP contribution in [0.4, 0.5) is 0 Å². The number of H-pyrrole nitrogens is 1. The van der Waals surface area contributed by atoms with E-state index in [1.54, 1.807) is 13.2 Å². The number of nitrogens with one attached hydrogen (secondary N) is 1. The number of hydrogen-bond donors (Lipinski definition) is 1. The number of rotatable bonds is 4. The second kappa shape index (κ2) is 4.82. The molecule has 0 aromatic carbocycles. The standard InChI is InChI=1S/C9H10ClN3O2S/c1-14-5-3-13-8(11-12-9(13)16)6-2-4-15-7(6)10/h2,4H,3,5H2,1H3,(H,12,16). The molecule has 0 radical (unpaired) electrons. The summed E-state index contributed by atoms with van der Waals surface area (Å²) in [5, 5.41) is 7.14. The highest BCUT2D eigenvalue weighted by molar-refractivity contribution is 7.71. The third-order valence-corrected chi connectivity index (χ3v) is 2.74. The molecule has 0 aliphatic rings. The van der Waals surface area contributed by atoms with Crippen molar-refractivity contribution in [3.05, 3.63) is 22.3 Å². The Kier molecular flexibility index (Phi) is 3.42. The fourth-order valence-electron chi connectivity index (χ4n) is 1.37. The van der Waals surface area contributed by atoms with Crippen molar-refractivity contribution in [1.82, 2.24) is 14.8 Å². The van der Waals surface area contributed by atoms with Crippen LogP contribution in [-0.2, 0) is 11.3 Å². The first-order chi connectivity index (χ1) is 7.74. The van der Waals surface area contributed by atoms with Crippen molar-refractivity contribution in [2.75, 3.05) is 13.7 Å². The molecule has 2 heterocycles. The Bertz CT molecular complexity index is 531. The number of furan rings is 1. The molecular formula is C9H10ClN3O2S. The van der Waals surface area contributed by atoms with Gasteiger partial charge >= 0.3 is 0 Å². The number of aromatic nitrogens is 3. The first-order valence-corrected chi connectivity index (χ1v) is 5.40. The molecular weight excluding hydrogens is 250 g/mol. The summed E-state index contributed by atoms with van der Waals surface area (Å²) in [5.74, 6) is 0.654. The topological polar surface area (TPSA) is 56.0 Å². The molecule has 16 heavy (non-hydrogen) atoms. The van der Waals surface area contributed by atoms with Crippen LogP contribution in [0, 0.1) is 4.77 Å². The smallest absolute Gasteiger partial charge is 0.204 e. The number of nitrogens with zero attached hydrogens (tertiary/aromatic N) is 2. The molecule has 0 saturated heterocycles. The molecule has 0 aliphatic heterocycles. The Hall–Kier alpha value is -1.11. The minimum absolute atomic E-state index is 0.299. The van der Waals surface area contributed by atoms with Gasteiger partial charge in [-0.2, -0.15) is 5.10 Å². The normalized spacial score (nSPS) is 10.9. The maximum Gasteiger partial charge on any atom is 0.204 e. The average Bonchev–Trinajstić information content (AvgIpc) is 2.82. The van der Waals surface area contributed by atoms with Crippen molar-refractivity contribution < 1.29 is 9.15 Å². The summed E-state index contributed by atoms with van der Waals surface area (Å²) in [5.41, 5.74) is 0.713. The van der Waals surface area contributed by atoms with Crippen LogP contribution in [0.15, 0.2) is 16.7 Å². The summed E-state index contributed by atoms with van der Waals surface area (Å²) in [6.07, 6.45) is 1.51. The van der Waals surface area contributed by atoms with E-state index >= 15 is 0 Å². The summed E-state index contributed by atoms with van der Waals surface area (Å²) < 4.78 is 12.4. The molecule has 2 aromatic heterocycles. The van der Waals surface area contributed by atoms with Gasteiger partial charge in [-0.15, -0.1) is 0 Å². The van der Waals surface area contributed by atoms with Crippen molar-refractivity contribution in [1.29, 1.82) is 0 Å². The number of methoxy groups -OCH3 is 1. The molecule has 0 spiro atoms. The number of aromatic amines is 1. The number of hydrogen-bond acceptors (Lipinski definition) is 4. The third-order valence-electron chi connectivity index (χ3n) is 2.14. The zero-order valence-corrected chi connectivity index (χ0v) is 10.1. The van der Waals surface area contributed by atoms with E-state index in [0.29, 0.717) is 34.5 Å². The van der Waals surface area contributed by atoms with Gasteiger partial charge < -0.3 is 9.15 Å². The van der Waals surface area contributed by atoms with E-state index in [-0.39, 0.29) is 0 Å². The molecule has 0 bridgehead atoms. The highest BCUT2D eigenvalue weighted by Gasteiger charge is 2.13. The van der Waals surface area contributed by atoms with Crippen molar-refractivity contribution in [2.24, 2.45) is 0 Å². The highest BCUT2D eigenvalue weighted by atomic mass is 35.5. The van der Waals surface area contributed by atoms with Crippen LogP contribution in [0.1, 0.15) is 0 Å². The van der Waals surface area contributed by atoms with Crippen LogP contribution in [0.25, 0.3) is 11.4 Å². The van der Waals surface area contributed by atoms with Gasteiger partial charge in [-0.3, -0.25) is 9.67 Å². The lowest BCUT2D eigenvalue weighted by atomic mass is 10.3. The second-order valence-electron chi connectivity index (χ2n) is 3.10. The molecule has 0 unspecified atom stereocenters. The van der Waals surface area contributed by atoms with Crippen molar-refractivity contribution >= 4 is 23.8 Å². The Balaban J connectivity index is 2.42. The zero-order chi connectivity index (χ0) is 11.5. The van der Waals surface area contributed by atoms with Crippen LogP contribution < -0.4 is 0 Å². The molecule has 2 rings (SSSR count). The van der Waals surface area contributed by atoms with Gasteiger partial charge in [0, 0.05) is 7.11 Å². The van der Waals surface area contributed by atoms with Crippen LogP contribution in [0.3, 0.4) is 0 Å². The van der Waals surface area contributed by atoms with Crippen LogP contribution >= 0.6 is 23.8 Å². The number of ether oxygens (including phenoxy) is 1. The lowest BCUT2D eigenvalue weighted by Gasteiger charge is -2.04. The Morgan fingerprint density at radius 2 is 2.50 bits per heavy atom. The molecule has 2 aromatic rings. The van der Waals surface area contributed by atoms with E-state index < -0.39 is 0 Å². The Morgan fingerprint density at radius 3 is 3.12 bits per heavy atom. The van der Waals surface area contributed by atoms with Gasteiger partial charge in [-0.25, -0.2) is 0 Å². The predicted molar refractivity (Wildman–Crippen MR) is 62.0 cm³/mol. The maximum atomic E-state index is 5.89. The van der Waals surface area contributed by atoms with Crippen LogP contribution in [-0.4, -0.2) is 28.5 Å². The molecule has 0 atom stereocenters. The molecule has 86 valence electrons. The van der Waals surface area contributed by atoms with Gasteiger partial charge in [0.15, 0.2) is 10.6 Å². The predicted octanol–water partition coefficient (Wildman–Crippen LogP) is 2.50. The van der Waals surface area contributed by atoms with E-state index in [2.05, 4.69) is 10.2 Å². The minimum Gasteiger partial charge on any atom is -0.452 e. The summed E-state index contributed by atoms with van der Waals surface area (Å²) >= 11 is 11.0. The largest absolute Gasteiger partial charge is 0.452 e. The van der Waals surface area contributed by atoms with Gasteiger partial charge in [0.25, 0.3) is 0 Å². The first kappa shape index (κ1) is 11.4. The third kappa shape index (κ3) is 2.04. The molecule has 0 aliphatic carbocycles. The van der Waals surface area contributed by atoms with Crippen molar-refractivity contribution in [3.8, 4) is 11.4 Å². The van der Waals surface area contributed by atoms with Crippen LogP contribution in [0.5, 0.6) is 0 Å². The maximum absolute atomic E-state index is 5.89. The Morgan fingerprint density at radius 1 is 1.69 bits per heavy atom. The van der Waals surface area contributed by atoms with Gasteiger partial charge in [0.05, 0.1) is 25.0 Å². The van der Waals surface area contributed by atoms with Gasteiger partial charge in [-0.05, 0) is 29.9 Å². The first-order valence-electron chi connectivity index (χ1n) is 4.61. The van der Waals surface area contributed by atoms with E-state index in [0.717, 1.165) is 0 Å². The quantitative estimate of drug-likeness (QED) is 0.857. The van der Waals surface area contributed by atoms with E-state index in [4.69, 9.17) is 33.0 Å². The van der Waals surface area contributed by atoms with E-state index in [1.165, 1.54) is 6.26 Å². The molecule has 0 saturated carbocycles. The van der Waals surface area contributed by atoms with E-state index in [9.17, 15) is 0 Å². The Labute approximate surface area is 102 Å². The van der Waals surface area contributed by atoms with Gasteiger partial charge in [0.2, 0.25) is 5.22 Å². The molecule has 1 N–H and O–H groups in total. The minimum atomic E-state index is 0.299. The van der Waals surface area contributed by atoms with E-state index in [1.807, 2.05) is 4.57 Å². The molecule has 7 heteroatoms. The lowest BCUT2D eigenvalue weighted by Crippen LogP contribution is -2.06. The fourth-order valence-corrected chi connectivity index (χ4v) is 1.79. The molecule has 5 nitrogen and oxygen atoms in total. The molecule has 0 fully saturated rings. The summed E-state index contributed by atoms with van der Waals surface area (Å²) in [6, 6.07) is 1.75. The monoisotopic (exact) mass is 259 g/mol. The van der Waals surface area contributed by atoms with Gasteiger partial charge in [0.1, 0.15) is 0 Å². The highest BCUT2D eigenvalue weighted by Crippen LogP contribution is 2.27. The summed E-state index contributed by atoms with van der Waals surface area (Å²) in [4.78, 5) is 0. The summed E-state index contributed by atoms with van der Waals surface area (Å²) in [7, 11) is 1.63. The SMILES string of the molecule is COCCn1c(-c2ccoc2Cl)n[nH]c1=S. The zero-order valence-electron chi connectivity index (χ0n) is 8.57. The lowest BCUT2D eigenvalue weighted by molar-refractivity contribution is 0.187. The summed E-state index contributed by atoms with van der Waals surface area (Å²) in [6.45, 7) is 1.17. The van der Waals surface area contributed by atoms with Crippen LogP contribution in [0.2, 0.25) is 5.22 Å². The van der Waals surface area contributed by atoms with Gasteiger partial charge in [-0.1, -0.05) is 0 Å². The molecule has 0 amide bonds. The van der Waals surface area contributed by atoms with Crippen molar-refractivity contribution in [3.63, 3.8) is 0 Å².